The van der Waals surface area contributed by atoms with Crippen LogP contribution in [0, 0.1) is 17.0 Å². The normalized spacial score (nSPS) is 15.4. The Morgan fingerprint density at radius 3 is 2.62 bits per heavy atom. The second-order valence-corrected chi connectivity index (χ2v) is 8.47. The average Bonchev–Trinajstić information content (AvgIpc) is 3.18. The van der Waals surface area contributed by atoms with Crippen LogP contribution in [0.5, 0.6) is 11.5 Å². The number of nitro benzene ring substituents is 1. The summed E-state index contributed by atoms with van der Waals surface area (Å²) < 4.78 is 11.3. The number of aryl methyl sites for hydroxylation is 1. The molecule has 8 nitrogen and oxygen atoms in total. The molecule has 0 unspecified atom stereocenters. The number of thioether (sulfide) groups is 1. The number of ether oxygens (including phenoxy) is 2. The Labute approximate surface area is 200 Å². The van der Waals surface area contributed by atoms with Crippen LogP contribution in [0.4, 0.5) is 11.4 Å². The number of aliphatic imine (C=N–C) groups is 1. The molecular weight excluding hydrogens is 454 g/mol. The zero-order valence-corrected chi connectivity index (χ0v) is 19.3. The maximum absolute atomic E-state index is 12.4. The number of nitrogens with zero attached hydrogens (tertiary/aromatic N) is 2. The van der Waals surface area contributed by atoms with Crippen LogP contribution in [0.15, 0.2) is 76.6 Å². The van der Waals surface area contributed by atoms with Crippen molar-refractivity contribution in [2.45, 2.75) is 13.5 Å². The van der Waals surface area contributed by atoms with Crippen LogP contribution in [-0.2, 0) is 11.4 Å². The zero-order chi connectivity index (χ0) is 24.1. The molecule has 0 atom stereocenters. The Kier molecular flexibility index (Phi) is 6.93. The highest BCUT2D eigenvalue weighted by Gasteiger charge is 2.24. The summed E-state index contributed by atoms with van der Waals surface area (Å²) in [5.41, 5.74) is 3.34. The number of hydrogen-bond acceptors (Lipinski definition) is 7. The molecule has 1 aliphatic heterocycles. The minimum absolute atomic E-state index is 0.00710. The summed E-state index contributed by atoms with van der Waals surface area (Å²) in [4.78, 5) is 27.9. The van der Waals surface area contributed by atoms with E-state index in [-0.39, 0.29) is 18.2 Å². The van der Waals surface area contributed by atoms with Crippen LogP contribution in [0.3, 0.4) is 0 Å². The van der Waals surface area contributed by atoms with Crippen molar-refractivity contribution >= 4 is 40.3 Å². The van der Waals surface area contributed by atoms with Crippen molar-refractivity contribution in [3.05, 3.63) is 98.4 Å². The first-order valence-electron chi connectivity index (χ1n) is 10.3. The smallest absolute Gasteiger partial charge is 0.269 e. The summed E-state index contributed by atoms with van der Waals surface area (Å²) in [6.07, 6.45) is 1.75. The number of amidine groups is 1. The highest BCUT2D eigenvalue weighted by atomic mass is 32.2. The van der Waals surface area contributed by atoms with E-state index in [4.69, 9.17) is 9.47 Å². The summed E-state index contributed by atoms with van der Waals surface area (Å²) in [5, 5.41) is 14.3. The summed E-state index contributed by atoms with van der Waals surface area (Å²) in [5.74, 6) is 0.749. The topological polar surface area (TPSA) is 103 Å². The first-order chi connectivity index (χ1) is 16.4. The van der Waals surface area contributed by atoms with Crippen molar-refractivity contribution in [1.29, 1.82) is 0 Å². The van der Waals surface area contributed by atoms with E-state index < -0.39 is 4.92 Å². The predicted octanol–water partition coefficient (Wildman–Crippen LogP) is 5.38. The number of benzene rings is 3. The SMILES string of the molecule is COc1cc(/C=C2/SC(=Nc3ccc(C)cc3)NC2=O)ccc1OCc1cccc([N+](=O)[O-])c1. The molecule has 172 valence electrons. The lowest BCUT2D eigenvalue weighted by Crippen LogP contribution is -2.19. The predicted molar refractivity (Wildman–Crippen MR) is 132 cm³/mol. The van der Waals surface area contributed by atoms with Gasteiger partial charge in [-0.15, -0.1) is 0 Å². The molecule has 0 spiro atoms. The average molecular weight is 476 g/mol. The molecule has 0 bridgehead atoms. The standard InChI is InChI=1S/C25H21N3O5S/c1-16-6-9-19(10-7-16)26-25-27-24(29)23(34-25)14-17-8-11-21(22(13-17)32-2)33-15-18-4-3-5-20(12-18)28(30)31/h3-14H,15H2,1-2H3,(H,26,27,29)/b23-14+. The molecule has 0 radical (unpaired) electrons. The Morgan fingerprint density at radius 2 is 1.88 bits per heavy atom. The van der Waals surface area contributed by atoms with Gasteiger partial charge in [0.05, 0.1) is 22.6 Å². The third kappa shape index (κ3) is 5.62. The molecule has 1 heterocycles. The number of nitrogens with one attached hydrogen (secondary N) is 1. The molecule has 0 aromatic heterocycles. The first-order valence-corrected chi connectivity index (χ1v) is 11.1. The maximum atomic E-state index is 12.4. The Morgan fingerprint density at radius 1 is 1.09 bits per heavy atom. The molecule has 1 amide bonds. The summed E-state index contributed by atoms with van der Waals surface area (Å²) in [6, 6.07) is 19.3. The van der Waals surface area contributed by atoms with Crippen molar-refractivity contribution < 1.29 is 19.2 Å². The molecule has 1 N–H and O–H groups in total. The number of carbonyl (C=O) groups is 1. The number of methoxy groups -OCH3 is 1. The van der Waals surface area contributed by atoms with E-state index in [1.807, 2.05) is 31.2 Å². The van der Waals surface area contributed by atoms with E-state index in [1.165, 1.54) is 31.0 Å². The molecular formula is C25H21N3O5S. The minimum Gasteiger partial charge on any atom is -0.493 e. The van der Waals surface area contributed by atoms with E-state index in [1.54, 1.807) is 36.4 Å². The van der Waals surface area contributed by atoms with Gasteiger partial charge in [-0.25, -0.2) is 4.99 Å². The van der Waals surface area contributed by atoms with Crippen molar-refractivity contribution in [2.24, 2.45) is 4.99 Å². The van der Waals surface area contributed by atoms with E-state index in [0.717, 1.165) is 16.8 Å². The second kappa shape index (κ2) is 10.2. The van der Waals surface area contributed by atoms with Gasteiger partial charge >= 0.3 is 0 Å². The zero-order valence-electron chi connectivity index (χ0n) is 18.5. The summed E-state index contributed by atoms with van der Waals surface area (Å²) in [7, 11) is 1.52. The van der Waals surface area contributed by atoms with Crippen molar-refractivity contribution in [1.82, 2.24) is 5.32 Å². The third-order valence-electron chi connectivity index (χ3n) is 4.92. The van der Waals surface area contributed by atoms with Gasteiger partial charge in [0, 0.05) is 12.1 Å². The largest absolute Gasteiger partial charge is 0.493 e. The minimum atomic E-state index is -0.444. The lowest BCUT2D eigenvalue weighted by Gasteiger charge is -2.11. The van der Waals surface area contributed by atoms with Crippen LogP contribution >= 0.6 is 11.8 Å². The van der Waals surface area contributed by atoms with Crippen LogP contribution in [0.25, 0.3) is 6.08 Å². The van der Waals surface area contributed by atoms with Gasteiger partial charge in [0.15, 0.2) is 16.7 Å². The molecule has 3 aromatic rings. The molecule has 9 heteroatoms. The number of amides is 1. The molecule has 1 aliphatic rings. The lowest BCUT2D eigenvalue weighted by atomic mass is 10.1. The number of non-ortho nitro benzene ring substituents is 1. The fraction of sp³-hybridized carbons (Fsp3) is 0.120. The lowest BCUT2D eigenvalue weighted by molar-refractivity contribution is -0.384. The summed E-state index contributed by atoms with van der Waals surface area (Å²) >= 11 is 1.26. The Hall–Kier alpha value is -4.11. The van der Waals surface area contributed by atoms with E-state index >= 15 is 0 Å². The number of rotatable bonds is 7. The van der Waals surface area contributed by atoms with Crippen LogP contribution in [0.2, 0.25) is 0 Å². The summed E-state index contributed by atoms with van der Waals surface area (Å²) in [6.45, 7) is 2.15. The van der Waals surface area contributed by atoms with Gasteiger partial charge < -0.3 is 14.8 Å². The van der Waals surface area contributed by atoms with Crippen molar-refractivity contribution in [2.75, 3.05) is 7.11 Å². The van der Waals surface area contributed by atoms with E-state index in [0.29, 0.717) is 27.1 Å². The Balaban J connectivity index is 1.47. The quantitative estimate of drug-likeness (QED) is 0.279. The van der Waals surface area contributed by atoms with Crippen molar-refractivity contribution in [3.8, 4) is 11.5 Å². The monoisotopic (exact) mass is 475 g/mol. The first kappa shape index (κ1) is 23.1. The van der Waals surface area contributed by atoms with Gasteiger partial charge in [-0.3, -0.25) is 14.9 Å². The molecule has 1 saturated heterocycles. The van der Waals surface area contributed by atoms with E-state index in [2.05, 4.69) is 10.3 Å². The van der Waals surface area contributed by atoms with Gasteiger partial charge in [0.1, 0.15) is 6.61 Å². The van der Waals surface area contributed by atoms with Crippen LogP contribution in [-0.4, -0.2) is 23.1 Å². The molecule has 1 fully saturated rings. The van der Waals surface area contributed by atoms with Gasteiger partial charge in [0.25, 0.3) is 11.6 Å². The highest BCUT2D eigenvalue weighted by molar-refractivity contribution is 8.18. The number of nitro groups is 1. The fourth-order valence-corrected chi connectivity index (χ4v) is 4.02. The number of carbonyl (C=O) groups excluding carboxylic acids is 1. The molecule has 34 heavy (non-hydrogen) atoms. The van der Waals surface area contributed by atoms with Gasteiger partial charge in [-0.05, 0) is 60.2 Å². The third-order valence-corrected chi connectivity index (χ3v) is 5.83. The Bertz CT molecular complexity index is 1300. The van der Waals surface area contributed by atoms with Crippen molar-refractivity contribution in [3.63, 3.8) is 0 Å². The second-order valence-electron chi connectivity index (χ2n) is 7.44. The fourth-order valence-electron chi connectivity index (χ4n) is 3.18. The van der Waals surface area contributed by atoms with Crippen LogP contribution in [0.1, 0.15) is 16.7 Å². The van der Waals surface area contributed by atoms with Gasteiger partial charge in [-0.1, -0.05) is 35.9 Å². The maximum Gasteiger partial charge on any atom is 0.269 e. The number of hydrogen-bond donors (Lipinski definition) is 1. The molecule has 0 saturated carbocycles. The van der Waals surface area contributed by atoms with Gasteiger partial charge in [0.2, 0.25) is 0 Å². The van der Waals surface area contributed by atoms with Crippen LogP contribution < -0.4 is 14.8 Å². The highest BCUT2D eigenvalue weighted by Crippen LogP contribution is 2.33. The van der Waals surface area contributed by atoms with E-state index in [9.17, 15) is 14.9 Å². The molecule has 4 rings (SSSR count). The van der Waals surface area contributed by atoms with Gasteiger partial charge in [-0.2, -0.15) is 0 Å². The molecule has 3 aromatic carbocycles. The molecule has 0 aliphatic carbocycles.